The summed E-state index contributed by atoms with van der Waals surface area (Å²) in [6, 6.07) is 3.46. The summed E-state index contributed by atoms with van der Waals surface area (Å²) in [7, 11) is 1.61. The van der Waals surface area contributed by atoms with Gasteiger partial charge in [-0.05, 0) is 18.1 Å². The van der Waals surface area contributed by atoms with Crippen LogP contribution in [0, 0.1) is 23.1 Å². The van der Waals surface area contributed by atoms with Crippen molar-refractivity contribution in [3.05, 3.63) is 35.4 Å². The number of hydrogen-bond donors (Lipinski definition) is 0. The van der Waals surface area contributed by atoms with Crippen LogP contribution in [-0.2, 0) is 6.42 Å². The average Bonchev–Trinajstić information content (AvgIpc) is 2.16. The van der Waals surface area contributed by atoms with Crippen LogP contribution in [0.25, 0.3) is 0 Å². The van der Waals surface area contributed by atoms with Gasteiger partial charge in [-0.15, -0.1) is 0 Å². The first-order valence-electron chi connectivity index (χ1n) is 4.18. The first kappa shape index (κ1) is 10.5. The van der Waals surface area contributed by atoms with Crippen LogP contribution in [0.1, 0.15) is 5.56 Å². The molecule has 0 aliphatic carbocycles. The van der Waals surface area contributed by atoms with E-state index in [2.05, 4.69) is 0 Å². The zero-order valence-electron chi connectivity index (χ0n) is 7.80. The molecule has 0 aliphatic rings. The topological polar surface area (TPSA) is 27.0 Å². The summed E-state index contributed by atoms with van der Waals surface area (Å²) < 4.78 is 25.6. The van der Waals surface area contributed by atoms with Gasteiger partial charge in [-0.3, -0.25) is 0 Å². The van der Waals surface area contributed by atoms with E-state index in [9.17, 15) is 8.78 Å². The van der Waals surface area contributed by atoms with Crippen LogP contribution >= 0.6 is 0 Å². The number of nitriles is 1. The maximum atomic E-state index is 13.1. The van der Waals surface area contributed by atoms with Crippen molar-refractivity contribution in [2.45, 2.75) is 6.42 Å². The van der Waals surface area contributed by atoms with Gasteiger partial charge in [-0.2, -0.15) is 5.26 Å². The Balaban J connectivity index is 2.64. The minimum absolute atomic E-state index is 0.399. The molecule has 1 aromatic rings. The van der Waals surface area contributed by atoms with E-state index in [1.54, 1.807) is 7.05 Å². The summed E-state index contributed by atoms with van der Waals surface area (Å²) >= 11 is 0. The van der Waals surface area contributed by atoms with E-state index in [1.165, 1.54) is 17.0 Å². The van der Waals surface area contributed by atoms with Crippen LogP contribution in [-0.4, -0.2) is 18.5 Å². The molecule has 0 amide bonds. The molecule has 1 aromatic carbocycles. The van der Waals surface area contributed by atoms with Gasteiger partial charge < -0.3 is 4.90 Å². The van der Waals surface area contributed by atoms with Crippen molar-refractivity contribution in [2.24, 2.45) is 0 Å². The van der Waals surface area contributed by atoms with Crippen molar-refractivity contribution in [2.75, 3.05) is 13.6 Å². The van der Waals surface area contributed by atoms with E-state index in [0.29, 0.717) is 18.5 Å². The third-order valence-corrected chi connectivity index (χ3v) is 1.90. The van der Waals surface area contributed by atoms with E-state index >= 15 is 0 Å². The number of nitrogens with zero attached hydrogens (tertiary/aromatic N) is 2. The van der Waals surface area contributed by atoms with Crippen molar-refractivity contribution in [3.63, 3.8) is 0 Å². The lowest BCUT2D eigenvalue weighted by Gasteiger charge is -2.08. The van der Waals surface area contributed by atoms with Gasteiger partial charge in [0, 0.05) is 19.7 Å². The van der Waals surface area contributed by atoms with Gasteiger partial charge >= 0.3 is 0 Å². The minimum atomic E-state index is -0.583. The highest BCUT2D eigenvalue weighted by molar-refractivity contribution is 5.18. The molecule has 0 unspecified atom stereocenters. The maximum Gasteiger partial charge on any atom is 0.179 e. The van der Waals surface area contributed by atoms with Crippen LogP contribution in [0.4, 0.5) is 8.78 Å². The molecular weight excluding hydrogens is 186 g/mol. The molecule has 1 rings (SSSR count). The molecule has 0 saturated carbocycles. The number of benzene rings is 1. The summed E-state index contributed by atoms with van der Waals surface area (Å²) in [5, 5.41) is 8.45. The second-order valence-electron chi connectivity index (χ2n) is 3.01. The van der Waals surface area contributed by atoms with Crippen LogP contribution in [0.5, 0.6) is 0 Å². The quantitative estimate of drug-likeness (QED) is 0.545. The molecule has 2 nitrogen and oxygen atoms in total. The number of likely N-dealkylation sites (N-methyl/N-ethyl adjacent to an activating group) is 1. The van der Waals surface area contributed by atoms with Crippen molar-refractivity contribution in [1.29, 1.82) is 5.26 Å². The summed E-state index contributed by atoms with van der Waals surface area (Å²) in [6.07, 6.45) is 2.30. The highest BCUT2D eigenvalue weighted by atomic mass is 19.1. The van der Waals surface area contributed by atoms with Gasteiger partial charge in [-0.25, -0.2) is 8.78 Å². The van der Waals surface area contributed by atoms with Gasteiger partial charge in [0.1, 0.15) is 11.6 Å². The van der Waals surface area contributed by atoms with Crippen LogP contribution in [0.2, 0.25) is 0 Å². The second-order valence-corrected chi connectivity index (χ2v) is 3.01. The Kier molecular flexibility index (Phi) is 3.41. The van der Waals surface area contributed by atoms with Gasteiger partial charge in [-0.1, -0.05) is 6.07 Å². The zero-order valence-corrected chi connectivity index (χ0v) is 7.80. The lowest BCUT2D eigenvalue weighted by Crippen LogP contribution is -2.15. The summed E-state index contributed by atoms with van der Waals surface area (Å²) in [5.41, 5.74) is 0.425. The molecule has 0 radical (unpaired) electrons. The molecule has 0 N–H and O–H groups in total. The Morgan fingerprint density at radius 1 is 1.43 bits per heavy atom. The van der Waals surface area contributed by atoms with E-state index in [1.807, 2.05) is 6.19 Å². The van der Waals surface area contributed by atoms with Crippen LogP contribution in [0.15, 0.2) is 18.2 Å². The van der Waals surface area contributed by atoms with Crippen molar-refractivity contribution in [1.82, 2.24) is 4.90 Å². The molecule has 0 atom stereocenters. The van der Waals surface area contributed by atoms with Crippen LogP contribution in [0.3, 0.4) is 0 Å². The lowest BCUT2D eigenvalue weighted by atomic mass is 10.1. The van der Waals surface area contributed by atoms with E-state index in [0.717, 1.165) is 6.07 Å². The monoisotopic (exact) mass is 196 g/mol. The SMILES string of the molecule is CN(C#N)CCc1ccc(F)cc1F. The van der Waals surface area contributed by atoms with Gasteiger partial charge in [0.15, 0.2) is 6.19 Å². The lowest BCUT2D eigenvalue weighted by molar-refractivity contribution is 0.470. The predicted molar refractivity (Wildman–Crippen MR) is 48.3 cm³/mol. The molecule has 0 spiro atoms. The third-order valence-electron chi connectivity index (χ3n) is 1.90. The molecule has 74 valence electrons. The molecule has 0 heterocycles. The van der Waals surface area contributed by atoms with E-state index in [-0.39, 0.29) is 0 Å². The Hall–Kier alpha value is -1.63. The predicted octanol–water partition coefficient (Wildman–Crippen LogP) is 1.92. The fraction of sp³-hybridized carbons (Fsp3) is 0.300. The first-order valence-corrected chi connectivity index (χ1v) is 4.18. The standard InChI is InChI=1S/C10H10F2N2/c1-14(7-13)5-4-8-2-3-9(11)6-10(8)12/h2-3,6H,4-5H2,1H3. The van der Waals surface area contributed by atoms with Crippen molar-refractivity contribution >= 4 is 0 Å². The largest absolute Gasteiger partial charge is 0.313 e. The smallest absolute Gasteiger partial charge is 0.179 e. The molecule has 0 aromatic heterocycles. The van der Waals surface area contributed by atoms with Crippen molar-refractivity contribution in [3.8, 4) is 6.19 Å². The Morgan fingerprint density at radius 2 is 2.14 bits per heavy atom. The summed E-state index contributed by atoms with van der Waals surface area (Å²) in [5.74, 6) is -1.14. The fourth-order valence-electron chi connectivity index (χ4n) is 1.06. The van der Waals surface area contributed by atoms with E-state index < -0.39 is 11.6 Å². The highest BCUT2D eigenvalue weighted by Crippen LogP contribution is 2.10. The molecule has 4 heteroatoms. The zero-order chi connectivity index (χ0) is 10.6. The highest BCUT2D eigenvalue weighted by Gasteiger charge is 2.04. The third kappa shape index (κ3) is 2.70. The molecule has 0 aliphatic heterocycles. The summed E-state index contributed by atoms with van der Waals surface area (Å²) in [6.45, 7) is 0.430. The first-order chi connectivity index (χ1) is 6.63. The number of halogens is 2. The van der Waals surface area contributed by atoms with Crippen LogP contribution < -0.4 is 0 Å². The number of rotatable bonds is 3. The molecule has 14 heavy (non-hydrogen) atoms. The Morgan fingerprint density at radius 3 is 2.71 bits per heavy atom. The van der Waals surface area contributed by atoms with Gasteiger partial charge in [0.25, 0.3) is 0 Å². The molecular formula is C10H10F2N2. The molecule has 0 bridgehead atoms. The molecule has 0 fully saturated rings. The summed E-state index contributed by atoms with van der Waals surface area (Å²) in [4.78, 5) is 1.39. The molecule has 0 saturated heterocycles. The minimum Gasteiger partial charge on any atom is -0.313 e. The van der Waals surface area contributed by atoms with Gasteiger partial charge in [0.2, 0.25) is 0 Å². The van der Waals surface area contributed by atoms with E-state index in [4.69, 9.17) is 5.26 Å². The number of hydrogen-bond acceptors (Lipinski definition) is 2. The van der Waals surface area contributed by atoms with Crippen molar-refractivity contribution < 1.29 is 8.78 Å². The Bertz CT molecular complexity index is 358. The fourth-order valence-corrected chi connectivity index (χ4v) is 1.06. The average molecular weight is 196 g/mol. The van der Waals surface area contributed by atoms with Gasteiger partial charge in [0.05, 0.1) is 0 Å². The Labute approximate surface area is 81.4 Å². The maximum absolute atomic E-state index is 13.1. The normalized spacial score (nSPS) is 9.57. The second kappa shape index (κ2) is 4.56.